The van der Waals surface area contributed by atoms with Crippen LogP contribution >= 0.6 is 10.0 Å². The molecule has 18 heteroatoms. The van der Waals surface area contributed by atoms with Crippen LogP contribution in [0.25, 0.3) is 0 Å². The van der Waals surface area contributed by atoms with Gasteiger partial charge in [-0.2, -0.15) is 39.1 Å². The Labute approximate surface area is 279 Å². The average Bonchev–Trinajstić information content (AvgIpc) is 2.99. The highest BCUT2D eigenvalue weighted by atomic mass is 32.3. The summed E-state index contributed by atoms with van der Waals surface area (Å²) in [6.45, 7) is 3.40. The number of hydrogen-bond acceptors (Lipinski definition) is 7. The molecule has 1 aromatic rings. The first-order chi connectivity index (χ1) is 21.9. The molecule has 4 unspecified atom stereocenters. The average molecular weight is 756 g/mol. The van der Waals surface area contributed by atoms with E-state index in [4.69, 9.17) is 14.0 Å². The number of fused-ring (bicyclic) bond motifs is 1. The van der Waals surface area contributed by atoms with Crippen molar-refractivity contribution in [2.45, 2.75) is 80.1 Å². The van der Waals surface area contributed by atoms with Crippen molar-refractivity contribution in [3.05, 3.63) is 29.8 Å². The first-order valence-electron chi connectivity index (χ1n) is 15.5. The lowest BCUT2D eigenvalue weighted by molar-refractivity contribution is -0.247. The number of alkyl halides is 6. The zero-order chi connectivity index (χ0) is 36.1. The highest BCUT2D eigenvalue weighted by Gasteiger charge is 2.83. The second-order valence-corrected chi connectivity index (χ2v) is 21.3. The number of carbonyl (C=O) groups is 1. The Bertz CT molecular complexity index is 1550. The summed E-state index contributed by atoms with van der Waals surface area (Å²) in [6.07, 6.45) is 4.01. The van der Waals surface area contributed by atoms with E-state index in [2.05, 4.69) is 0 Å². The molecular weight excluding hydrogens is 713 g/mol. The maximum atomic E-state index is 15.4. The fourth-order valence-electron chi connectivity index (χ4n) is 7.75. The largest absolute Gasteiger partial charge is 0.497 e. The Hall–Kier alpha value is -1.60. The zero-order valence-corrected chi connectivity index (χ0v) is 29.6. The van der Waals surface area contributed by atoms with Crippen LogP contribution in [0.2, 0.25) is 0 Å². The Morgan fingerprint density at radius 1 is 0.979 bits per heavy atom. The van der Waals surface area contributed by atoms with Crippen LogP contribution in [0.15, 0.2) is 24.3 Å². The van der Waals surface area contributed by atoms with E-state index in [1.54, 1.807) is 38.1 Å². The fraction of sp³-hybridized carbons (Fsp3) is 0.767. The van der Waals surface area contributed by atoms with Crippen LogP contribution in [0.3, 0.4) is 0 Å². The number of ketones is 1. The molecule has 4 rings (SSSR count). The highest BCUT2D eigenvalue weighted by Crippen LogP contribution is 2.60. The maximum absolute atomic E-state index is 15.4. The molecule has 1 saturated carbocycles. The van der Waals surface area contributed by atoms with Crippen LogP contribution in [-0.4, -0.2) is 104 Å². The van der Waals surface area contributed by atoms with Crippen molar-refractivity contribution in [2.24, 2.45) is 17.3 Å². The third-order valence-corrected chi connectivity index (χ3v) is 17.3. The van der Waals surface area contributed by atoms with Crippen molar-refractivity contribution in [1.29, 1.82) is 0 Å². The number of piperidine rings is 1. The first kappa shape index (κ1) is 39.2. The molecule has 0 radical (unpaired) electrons. The van der Waals surface area contributed by atoms with Crippen LogP contribution in [0.1, 0.15) is 62.7 Å². The number of ether oxygens (including phenoxy) is 2. The van der Waals surface area contributed by atoms with Crippen LogP contribution in [0.4, 0.5) is 26.3 Å². The Morgan fingerprint density at radius 3 is 2.04 bits per heavy atom. The minimum atomic E-state index is -7.17. The van der Waals surface area contributed by atoms with Crippen molar-refractivity contribution in [1.82, 2.24) is 4.31 Å². The maximum Gasteiger partial charge on any atom is 0.439 e. The van der Waals surface area contributed by atoms with Gasteiger partial charge in [-0.25, -0.2) is 18.4 Å². The lowest BCUT2D eigenvalue weighted by Crippen LogP contribution is -2.65. The molecule has 3 fully saturated rings. The second-order valence-electron chi connectivity index (χ2n) is 13.9. The molecule has 3 aliphatic rings. The van der Waals surface area contributed by atoms with Crippen molar-refractivity contribution in [3.63, 3.8) is 0 Å². The van der Waals surface area contributed by atoms with Gasteiger partial charge in [-0.1, -0.05) is 33.1 Å². The molecule has 2 aliphatic heterocycles. The van der Waals surface area contributed by atoms with E-state index in [1.807, 2.05) is 6.26 Å². The minimum absolute atomic E-state index is 0.0533. The van der Waals surface area contributed by atoms with Crippen molar-refractivity contribution in [3.8, 4) is 5.75 Å². The number of halogens is 6. The molecule has 0 amide bonds. The molecule has 276 valence electrons. The summed E-state index contributed by atoms with van der Waals surface area (Å²) in [4.78, 5) is 14.4. The van der Waals surface area contributed by atoms with E-state index < -0.39 is 75.8 Å². The van der Waals surface area contributed by atoms with E-state index in [0.29, 0.717) is 55.3 Å². The molecule has 4 atom stereocenters. The monoisotopic (exact) mass is 755 g/mol. The Kier molecular flexibility index (Phi) is 11.0. The van der Waals surface area contributed by atoms with E-state index >= 15 is 8.78 Å². The lowest BCUT2D eigenvalue weighted by atomic mass is 9.70. The third kappa shape index (κ3) is 6.86. The standard InChI is InChI=1S/C30H43F6NO8S3/c1-27(2,26(46(4)15-13-45-14-16-46)25(38)20-9-11-24(44-3)12-10-20)18-23-17-21-7-5-6-8-22(21)19-37(23)47(39,40)29(33,34)28(31,32)30(35,36)48(41,42)43/h9-12,21-23,26H,5-8,13-19H2,1-4H3,(H,41,42,43). The van der Waals surface area contributed by atoms with Crippen molar-refractivity contribution >= 4 is 36.0 Å². The quantitative estimate of drug-likeness (QED) is 0.155. The van der Waals surface area contributed by atoms with E-state index in [-0.39, 0.29) is 28.8 Å². The molecule has 1 N–H and O–H groups in total. The van der Waals surface area contributed by atoms with Crippen LogP contribution in [-0.2, 0) is 24.9 Å². The third-order valence-electron chi connectivity index (χ3n) is 10.2. The summed E-state index contributed by atoms with van der Waals surface area (Å²) in [7, 11) is -14.3. The minimum Gasteiger partial charge on any atom is -0.497 e. The Morgan fingerprint density at radius 2 is 1.52 bits per heavy atom. The number of rotatable bonds is 12. The number of nitrogens with zero attached hydrogens (tertiary/aromatic N) is 1. The van der Waals surface area contributed by atoms with Crippen LogP contribution < -0.4 is 4.74 Å². The van der Waals surface area contributed by atoms with Gasteiger partial charge in [0.05, 0.1) is 25.6 Å². The second kappa shape index (κ2) is 13.5. The number of benzene rings is 1. The van der Waals surface area contributed by atoms with E-state index in [0.717, 1.165) is 6.42 Å². The van der Waals surface area contributed by atoms with Gasteiger partial charge in [0.25, 0.3) is 10.0 Å². The van der Waals surface area contributed by atoms with Crippen molar-refractivity contribution < 1.29 is 62.0 Å². The summed E-state index contributed by atoms with van der Waals surface area (Å²) in [5.41, 5.74) is -0.817. The van der Waals surface area contributed by atoms with Gasteiger partial charge in [0.2, 0.25) is 0 Å². The molecule has 0 spiro atoms. The predicted molar refractivity (Wildman–Crippen MR) is 169 cm³/mol. The van der Waals surface area contributed by atoms with Gasteiger partial charge in [-0.15, -0.1) is 0 Å². The van der Waals surface area contributed by atoms with Crippen molar-refractivity contribution in [2.75, 3.05) is 44.6 Å². The molecule has 2 heterocycles. The number of carbonyl (C=O) groups excluding carboxylic acids is 1. The molecule has 0 bridgehead atoms. The summed E-state index contributed by atoms with van der Waals surface area (Å²) in [6, 6.07) is 4.94. The summed E-state index contributed by atoms with van der Waals surface area (Å²) in [5.74, 6) is -6.52. The van der Waals surface area contributed by atoms with Gasteiger partial charge in [0.15, 0.2) is 5.78 Å². The lowest BCUT2D eigenvalue weighted by Gasteiger charge is -2.54. The zero-order valence-electron chi connectivity index (χ0n) is 27.1. The smallest absolute Gasteiger partial charge is 0.439 e. The topological polar surface area (TPSA) is 127 Å². The SMILES string of the molecule is COc1ccc(C(=O)C(C(C)(C)CC2CC3CCCCC3CN2S(=O)(=O)C(F)(F)C(F)(F)C(F)(F)S(=O)(=O)O)S2(C)CCOCC2)cc1. The van der Waals surface area contributed by atoms with Gasteiger partial charge in [-0.05, 0) is 67.0 Å². The first-order valence-corrected chi connectivity index (χ1v) is 20.9. The molecule has 9 nitrogen and oxygen atoms in total. The van der Waals surface area contributed by atoms with E-state index in [9.17, 15) is 39.2 Å². The van der Waals surface area contributed by atoms with Gasteiger partial charge in [-0.3, -0.25) is 9.35 Å². The molecule has 1 aliphatic carbocycles. The van der Waals surface area contributed by atoms with Gasteiger partial charge in [0, 0.05) is 29.7 Å². The number of sulfonamides is 1. The fourth-order valence-corrected chi connectivity index (χ4v) is 13.9. The van der Waals surface area contributed by atoms with E-state index in [1.165, 1.54) is 7.11 Å². The van der Waals surface area contributed by atoms with Gasteiger partial charge in [0.1, 0.15) is 5.75 Å². The number of Topliss-reactive ketones (excluding diaryl/α,β-unsaturated/α-hetero) is 1. The summed E-state index contributed by atoms with van der Waals surface area (Å²) in [5, 5.41) is -14.2. The predicted octanol–water partition coefficient (Wildman–Crippen LogP) is 6.05. The summed E-state index contributed by atoms with van der Waals surface area (Å²) >= 11 is 0. The Balaban J connectivity index is 1.80. The normalized spacial score (nSPS) is 26.3. The highest BCUT2D eigenvalue weighted by molar-refractivity contribution is 8.34. The summed E-state index contributed by atoms with van der Waals surface area (Å²) < 4.78 is 158. The van der Waals surface area contributed by atoms with Crippen LogP contribution in [0, 0.1) is 17.3 Å². The number of hydrogen-bond donors (Lipinski definition) is 1. The molecule has 2 saturated heterocycles. The molecule has 48 heavy (non-hydrogen) atoms. The molecule has 0 aromatic heterocycles. The molecule has 1 aromatic carbocycles. The molecular formula is C30H43F6NO8S3. The number of methoxy groups -OCH3 is 1. The van der Waals surface area contributed by atoms with Gasteiger partial charge >= 0.3 is 26.5 Å². The van der Waals surface area contributed by atoms with Gasteiger partial charge < -0.3 is 9.47 Å². The van der Waals surface area contributed by atoms with Crippen LogP contribution in [0.5, 0.6) is 5.75 Å².